The van der Waals surface area contributed by atoms with Crippen molar-refractivity contribution in [3.63, 3.8) is 0 Å². The van der Waals surface area contributed by atoms with E-state index in [0.717, 1.165) is 5.03 Å². The van der Waals surface area contributed by atoms with Gasteiger partial charge in [-0.25, -0.2) is 0 Å². The number of nitrogens with zero attached hydrogens (tertiary/aromatic N) is 2. The first-order valence-corrected chi connectivity index (χ1v) is 9.87. The molecule has 1 fully saturated rings. The molecule has 25 heavy (non-hydrogen) atoms. The van der Waals surface area contributed by atoms with Gasteiger partial charge in [-0.15, -0.1) is 6.58 Å². The minimum atomic E-state index is -0.131. The lowest BCUT2D eigenvalue weighted by atomic mass is 10.3. The third kappa shape index (κ3) is 3.87. The maximum Gasteiger partial charge on any atom is 0.266 e. The molecule has 128 valence electrons. The van der Waals surface area contributed by atoms with Crippen molar-refractivity contribution in [2.75, 3.05) is 18.5 Å². The molecule has 1 saturated heterocycles. The molecule has 0 saturated carbocycles. The first-order chi connectivity index (χ1) is 12.0. The summed E-state index contributed by atoms with van der Waals surface area (Å²) in [7, 11) is 2.02. The molecule has 3 rings (SSSR count). The number of fused-ring (bicyclic) bond motifs is 1. The van der Waals surface area contributed by atoms with Gasteiger partial charge in [0.1, 0.15) is 4.32 Å². The van der Waals surface area contributed by atoms with E-state index in [1.54, 1.807) is 30.0 Å². The molecule has 0 N–H and O–H groups in total. The van der Waals surface area contributed by atoms with Crippen molar-refractivity contribution in [2.45, 2.75) is 4.90 Å². The van der Waals surface area contributed by atoms with Gasteiger partial charge in [-0.2, -0.15) is 0 Å². The molecule has 1 aromatic rings. The van der Waals surface area contributed by atoms with Crippen LogP contribution in [0.15, 0.2) is 75.0 Å². The quantitative estimate of drug-likeness (QED) is 0.392. The Bertz CT molecular complexity index is 844. The largest absolute Gasteiger partial charge is 0.338 e. The van der Waals surface area contributed by atoms with Gasteiger partial charge in [-0.1, -0.05) is 65.6 Å². The average molecular weight is 407 g/mol. The minimum Gasteiger partial charge on any atom is -0.338 e. The summed E-state index contributed by atoms with van der Waals surface area (Å²) in [6, 6.07) is 8.22. The first-order valence-electron chi connectivity index (χ1n) is 7.45. The number of carbonyl (C=O) groups excluding carboxylic acids is 1. The molecular formula is C18H15ClN2OS3. The van der Waals surface area contributed by atoms with Crippen molar-refractivity contribution < 1.29 is 4.79 Å². The smallest absolute Gasteiger partial charge is 0.266 e. The van der Waals surface area contributed by atoms with E-state index in [2.05, 4.69) is 23.6 Å². The van der Waals surface area contributed by atoms with Gasteiger partial charge < -0.3 is 4.90 Å². The summed E-state index contributed by atoms with van der Waals surface area (Å²) in [6.45, 7) is 4.05. The molecule has 0 aliphatic carbocycles. The van der Waals surface area contributed by atoms with Gasteiger partial charge in [0.05, 0.1) is 15.6 Å². The van der Waals surface area contributed by atoms with E-state index >= 15 is 0 Å². The Hall–Kier alpha value is -1.47. The van der Waals surface area contributed by atoms with Crippen LogP contribution in [0.2, 0.25) is 0 Å². The number of anilines is 1. The third-order valence-electron chi connectivity index (χ3n) is 3.61. The molecule has 0 bridgehead atoms. The summed E-state index contributed by atoms with van der Waals surface area (Å²) >= 11 is 14.5. The summed E-state index contributed by atoms with van der Waals surface area (Å²) in [5.41, 5.74) is 1.17. The summed E-state index contributed by atoms with van der Waals surface area (Å²) in [6.07, 6.45) is 7.06. The predicted octanol–water partition coefficient (Wildman–Crippen LogP) is 5.12. The van der Waals surface area contributed by atoms with Gasteiger partial charge in [0.15, 0.2) is 0 Å². The van der Waals surface area contributed by atoms with Crippen LogP contribution in [0.3, 0.4) is 0 Å². The Morgan fingerprint density at radius 3 is 2.84 bits per heavy atom. The fraction of sp³-hybridized carbons (Fsp3) is 0.111. The van der Waals surface area contributed by atoms with Crippen LogP contribution in [0.4, 0.5) is 5.69 Å². The molecule has 2 heterocycles. The van der Waals surface area contributed by atoms with Crippen LogP contribution < -0.4 is 4.90 Å². The number of rotatable bonds is 4. The highest BCUT2D eigenvalue weighted by atomic mass is 35.5. The molecule has 0 aromatic heterocycles. The van der Waals surface area contributed by atoms with Gasteiger partial charge in [0.25, 0.3) is 5.91 Å². The molecule has 2 aliphatic rings. The molecule has 1 aromatic carbocycles. The second-order valence-electron chi connectivity index (χ2n) is 5.27. The lowest BCUT2D eigenvalue weighted by Gasteiger charge is -2.12. The second kappa shape index (κ2) is 7.83. The van der Waals surface area contributed by atoms with E-state index in [1.165, 1.54) is 27.2 Å². The van der Waals surface area contributed by atoms with Crippen LogP contribution in [-0.4, -0.2) is 28.7 Å². The Kier molecular flexibility index (Phi) is 5.74. The zero-order valence-electron chi connectivity index (χ0n) is 13.4. The number of halogens is 1. The van der Waals surface area contributed by atoms with E-state index in [-0.39, 0.29) is 5.91 Å². The Morgan fingerprint density at radius 2 is 2.12 bits per heavy atom. The molecular weight excluding hydrogens is 392 g/mol. The van der Waals surface area contributed by atoms with Crippen molar-refractivity contribution >= 4 is 63.3 Å². The number of allylic oxidation sites excluding steroid dienone is 4. The van der Waals surface area contributed by atoms with Gasteiger partial charge in [0, 0.05) is 23.5 Å². The zero-order chi connectivity index (χ0) is 18.0. The lowest BCUT2D eigenvalue weighted by molar-refractivity contribution is -0.121. The molecule has 0 spiro atoms. The highest BCUT2D eigenvalue weighted by Gasteiger charge is 2.31. The molecule has 0 atom stereocenters. The number of carbonyl (C=O) groups is 1. The normalized spacial score (nSPS) is 20.8. The average Bonchev–Trinajstić information content (AvgIpc) is 3.05. The van der Waals surface area contributed by atoms with Crippen LogP contribution in [0.5, 0.6) is 0 Å². The SMILES string of the molecule is C=CCN1C(=O)C(=CC(Cl)=CC=C2Sc3ccccc3N2C)SC1=S. The molecule has 3 nitrogen and oxygen atoms in total. The number of hydrogen-bond acceptors (Lipinski definition) is 5. The maximum absolute atomic E-state index is 12.3. The summed E-state index contributed by atoms with van der Waals surface area (Å²) < 4.78 is 0.528. The van der Waals surface area contributed by atoms with E-state index in [0.29, 0.717) is 20.8 Å². The van der Waals surface area contributed by atoms with E-state index < -0.39 is 0 Å². The van der Waals surface area contributed by atoms with Crippen molar-refractivity contribution in [1.29, 1.82) is 0 Å². The summed E-state index contributed by atoms with van der Waals surface area (Å²) in [5, 5.41) is 1.56. The summed E-state index contributed by atoms with van der Waals surface area (Å²) in [5.74, 6) is -0.131. The fourth-order valence-corrected chi connectivity index (χ4v) is 4.93. The highest BCUT2D eigenvalue weighted by molar-refractivity contribution is 8.26. The van der Waals surface area contributed by atoms with Crippen LogP contribution in [-0.2, 0) is 4.79 Å². The molecule has 2 aliphatic heterocycles. The van der Waals surface area contributed by atoms with E-state index in [1.807, 2.05) is 25.3 Å². The third-order valence-corrected chi connectivity index (χ3v) is 6.41. The van der Waals surface area contributed by atoms with Crippen LogP contribution >= 0.6 is 47.3 Å². The van der Waals surface area contributed by atoms with Gasteiger partial charge in [-0.05, 0) is 30.4 Å². The topological polar surface area (TPSA) is 23.6 Å². The first kappa shape index (κ1) is 18.3. The van der Waals surface area contributed by atoms with Gasteiger partial charge >= 0.3 is 0 Å². The Labute approximate surface area is 166 Å². The number of para-hydroxylation sites is 1. The van der Waals surface area contributed by atoms with Crippen LogP contribution in [0.25, 0.3) is 0 Å². The summed E-state index contributed by atoms with van der Waals surface area (Å²) in [4.78, 5) is 17.7. The van der Waals surface area contributed by atoms with E-state index in [9.17, 15) is 4.79 Å². The number of thiocarbonyl (C=S) groups is 1. The van der Waals surface area contributed by atoms with E-state index in [4.69, 9.17) is 23.8 Å². The zero-order valence-corrected chi connectivity index (χ0v) is 16.6. The number of hydrogen-bond donors (Lipinski definition) is 0. The van der Waals surface area contributed by atoms with Crippen LogP contribution in [0.1, 0.15) is 0 Å². The number of amides is 1. The van der Waals surface area contributed by atoms with Gasteiger partial charge in [-0.3, -0.25) is 9.69 Å². The molecule has 1 amide bonds. The maximum atomic E-state index is 12.3. The monoisotopic (exact) mass is 406 g/mol. The fourth-order valence-electron chi connectivity index (χ4n) is 2.38. The van der Waals surface area contributed by atoms with Crippen molar-refractivity contribution in [3.05, 3.63) is 70.1 Å². The predicted molar refractivity (Wildman–Crippen MR) is 113 cm³/mol. The molecule has 7 heteroatoms. The minimum absolute atomic E-state index is 0.131. The molecule has 0 radical (unpaired) electrons. The standard InChI is InChI=1S/C18H15ClN2OS3/c1-3-10-21-17(22)15(25-18(21)23)11-12(19)8-9-16-20(2)13-6-4-5-7-14(13)24-16/h3-9,11H,1,10H2,2H3. The number of benzene rings is 1. The van der Waals surface area contributed by atoms with Crippen molar-refractivity contribution in [1.82, 2.24) is 4.90 Å². The van der Waals surface area contributed by atoms with Gasteiger partial charge in [0.2, 0.25) is 0 Å². The highest BCUT2D eigenvalue weighted by Crippen LogP contribution is 2.44. The second-order valence-corrected chi connectivity index (χ2v) is 8.44. The van der Waals surface area contributed by atoms with Crippen LogP contribution in [0, 0.1) is 0 Å². The Balaban J connectivity index is 1.76. The Morgan fingerprint density at radius 1 is 1.36 bits per heavy atom. The number of thioether (sulfide) groups is 2. The lowest BCUT2D eigenvalue weighted by Crippen LogP contribution is -2.27. The van der Waals surface area contributed by atoms with Crippen molar-refractivity contribution in [3.8, 4) is 0 Å². The molecule has 0 unspecified atom stereocenters. The van der Waals surface area contributed by atoms with Crippen molar-refractivity contribution in [2.24, 2.45) is 0 Å².